The van der Waals surface area contributed by atoms with Crippen LogP contribution in [0, 0.1) is 0 Å². The Morgan fingerprint density at radius 3 is 2.38 bits per heavy atom. The molecular weight excluding hydrogens is 332 g/mol. The average Bonchev–Trinajstić information content (AvgIpc) is 2.68. The first-order valence-electron chi connectivity index (χ1n) is 8.42. The molecule has 5 nitrogen and oxygen atoms in total. The van der Waals surface area contributed by atoms with Gasteiger partial charge in [-0.1, -0.05) is 24.3 Å². The van der Waals surface area contributed by atoms with Crippen LogP contribution in [0.2, 0.25) is 0 Å². The third kappa shape index (κ3) is 5.02. The molecule has 2 rings (SSSR count). The lowest BCUT2D eigenvalue weighted by Gasteiger charge is -2.14. The maximum absolute atomic E-state index is 11.1. The maximum atomic E-state index is 11.1. The van der Waals surface area contributed by atoms with Crippen LogP contribution < -0.4 is 18.9 Å². The monoisotopic (exact) mass is 356 g/mol. The smallest absolute Gasteiger partial charge is 0.171 e. The van der Waals surface area contributed by atoms with Crippen LogP contribution in [0.5, 0.6) is 23.0 Å². The molecule has 0 saturated heterocycles. The van der Waals surface area contributed by atoms with Gasteiger partial charge in [0.05, 0.1) is 33.0 Å². The average molecular weight is 356 g/mol. The Bertz CT molecular complexity index is 752. The molecule has 0 amide bonds. The standard InChI is InChI=1S/C21H24O5/c1-4-7-16-10-11-18(20(14-16)24-3)25-12-6-13-26-21-17(15-22)8-5-9-19(21)23-2/h4-5,7-11,14-15H,6,12-13H2,1-3H3/b7-4-. The van der Waals surface area contributed by atoms with Crippen molar-refractivity contribution in [3.05, 3.63) is 53.6 Å². The summed E-state index contributed by atoms with van der Waals surface area (Å²) in [5.41, 5.74) is 1.52. The van der Waals surface area contributed by atoms with Crippen LogP contribution in [0.25, 0.3) is 6.08 Å². The Labute approximate surface area is 154 Å². The quantitative estimate of drug-likeness (QED) is 0.467. The number of rotatable bonds is 10. The van der Waals surface area contributed by atoms with Crippen molar-refractivity contribution in [2.24, 2.45) is 0 Å². The second-order valence-electron chi connectivity index (χ2n) is 5.46. The van der Waals surface area contributed by atoms with Gasteiger partial charge < -0.3 is 18.9 Å². The first-order valence-corrected chi connectivity index (χ1v) is 8.42. The van der Waals surface area contributed by atoms with E-state index in [9.17, 15) is 4.79 Å². The predicted molar refractivity (Wildman–Crippen MR) is 102 cm³/mol. The molecule has 2 aromatic rings. The van der Waals surface area contributed by atoms with Crippen LogP contribution in [-0.2, 0) is 0 Å². The van der Waals surface area contributed by atoms with Gasteiger partial charge in [0.15, 0.2) is 29.3 Å². The molecule has 0 fully saturated rings. The van der Waals surface area contributed by atoms with Crippen molar-refractivity contribution in [2.45, 2.75) is 13.3 Å². The zero-order chi connectivity index (χ0) is 18.8. The van der Waals surface area contributed by atoms with E-state index in [0.29, 0.717) is 48.2 Å². The Morgan fingerprint density at radius 1 is 0.923 bits per heavy atom. The molecule has 0 saturated carbocycles. The first kappa shape index (κ1) is 19.4. The third-order valence-corrected chi connectivity index (χ3v) is 3.70. The van der Waals surface area contributed by atoms with Gasteiger partial charge in [-0.2, -0.15) is 0 Å². The fourth-order valence-corrected chi connectivity index (χ4v) is 2.46. The van der Waals surface area contributed by atoms with Crippen LogP contribution in [0.3, 0.4) is 0 Å². The molecule has 0 bridgehead atoms. The van der Waals surface area contributed by atoms with Gasteiger partial charge in [0, 0.05) is 6.42 Å². The van der Waals surface area contributed by atoms with Crippen molar-refractivity contribution in [1.29, 1.82) is 0 Å². The van der Waals surface area contributed by atoms with Gasteiger partial charge in [-0.15, -0.1) is 0 Å². The minimum absolute atomic E-state index is 0.403. The summed E-state index contributed by atoms with van der Waals surface area (Å²) in [4.78, 5) is 11.1. The lowest BCUT2D eigenvalue weighted by Crippen LogP contribution is -2.07. The second kappa shape index (κ2) is 10.1. The number of hydrogen-bond acceptors (Lipinski definition) is 5. The van der Waals surface area contributed by atoms with Crippen LogP contribution in [0.1, 0.15) is 29.3 Å². The number of allylic oxidation sites excluding steroid dienone is 1. The van der Waals surface area contributed by atoms with E-state index in [0.717, 1.165) is 11.8 Å². The molecule has 0 unspecified atom stereocenters. The molecule has 2 aromatic carbocycles. The minimum atomic E-state index is 0.403. The molecule has 26 heavy (non-hydrogen) atoms. The molecule has 0 atom stereocenters. The number of para-hydroxylation sites is 1. The third-order valence-electron chi connectivity index (χ3n) is 3.70. The van der Waals surface area contributed by atoms with Gasteiger partial charge in [0.2, 0.25) is 0 Å². The maximum Gasteiger partial charge on any atom is 0.171 e. The zero-order valence-electron chi connectivity index (χ0n) is 15.4. The van der Waals surface area contributed by atoms with E-state index >= 15 is 0 Å². The van der Waals surface area contributed by atoms with Gasteiger partial charge in [-0.25, -0.2) is 0 Å². The molecule has 0 N–H and O–H groups in total. The van der Waals surface area contributed by atoms with Crippen molar-refractivity contribution in [1.82, 2.24) is 0 Å². The molecule has 0 spiro atoms. The van der Waals surface area contributed by atoms with Gasteiger partial charge in [-0.05, 0) is 36.8 Å². The number of carbonyl (C=O) groups is 1. The summed E-state index contributed by atoms with van der Waals surface area (Å²) < 4.78 is 22.1. The van der Waals surface area contributed by atoms with Crippen LogP contribution in [0.15, 0.2) is 42.5 Å². The molecular formula is C21H24O5. The lowest BCUT2D eigenvalue weighted by atomic mass is 10.2. The summed E-state index contributed by atoms with van der Waals surface area (Å²) in [6.07, 6.45) is 5.37. The SMILES string of the molecule is C/C=C\c1ccc(OCCCOc2c(C=O)cccc2OC)c(OC)c1. The first-order chi connectivity index (χ1) is 12.7. The highest BCUT2D eigenvalue weighted by molar-refractivity contribution is 5.81. The number of ether oxygens (including phenoxy) is 4. The normalized spacial score (nSPS) is 10.6. The highest BCUT2D eigenvalue weighted by Crippen LogP contribution is 2.31. The fraction of sp³-hybridized carbons (Fsp3) is 0.286. The van der Waals surface area contributed by atoms with Crippen molar-refractivity contribution >= 4 is 12.4 Å². The van der Waals surface area contributed by atoms with Crippen molar-refractivity contribution in [3.8, 4) is 23.0 Å². The molecule has 0 aliphatic carbocycles. The highest BCUT2D eigenvalue weighted by atomic mass is 16.5. The van der Waals surface area contributed by atoms with E-state index in [2.05, 4.69) is 0 Å². The predicted octanol–water partition coefficient (Wildman–Crippen LogP) is 4.40. The second-order valence-corrected chi connectivity index (χ2v) is 5.46. The molecule has 0 heterocycles. The van der Waals surface area contributed by atoms with Crippen molar-refractivity contribution < 1.29 is 23.7 Å². The molecule has 0 radical (unpaired) electrons. The van der Waals surface area contributed by atoms with E-state index in [1.54, 1.807) is 32.4 Å². The van der Waals surface area contributed by atoms with E-state index in [4.69, 9.17) is 18.9 Å². The Balaban J connectivity index is 1.89. The molecule has 138 valence electrons. The van der Waals surface area contributed by atoms with E-state index in [-0.39, 0.29) is 0 Å². The van der Waals surface area contributed by atoms with Gasteiger partial charge >= 0.3 is 0 Å². The van der Waals surface area contributed by atoms with Gasteiger partial charge in [-0.3, -0.25) is 4.79 Å². The van der Waals surface area contributed by atoms with Crippen LogP contribution in [0.4, 0.5) is 0 Å². The van der Waals surface area contributed by atoms with Gasteiger partial charge in [0.1, 0.15) is 0 Å². The van der Waals surface area contributed by atoms with E-state index in [1.165, 1.54) is 0 Å². The Kier molecular flexibility index (Phi) is 7.55. The number of benzene rings is 2. The van der Waals surface area contributed by atoms with Crippen LogP contribution >= 0.6 is 0 Å². The number of carbonyl (C=O) groups excluding carboxylic acids is 1. The summed E-state index contributed by atoms with van der Waals surface area (Å²) >= 11 is 0. The molecule has 0 aliphatic rings. The van der Waals surface area contributed by atoms with E-state index in [1.807, 2.05) is 37.3 Å². The number of hydrogen-bond donors (Lipinski definition) is 0. The van der Waals surface area contributed by atoms with Crippen LogP contribution in [-0.4, -0.2) is 33.7 Å². The topological polar surface area (TPSA) is 54.0 Å². The molecule has 5 heteroatoms. The van der Waals surface area contributed by atoms with Gasteiger partial charge in [0.25, 0.3) is 0 Å². The molecule has 0 aromatic heterocycles. The van der Waals surface area contributed by atoms with Crippen molar-refractivity contribution in [2.75, 3.05) is 27.4 Å². The summed E-state index contributed by atoms with van der Waals surface area (Å²) in [5, 5.41) is 0. The summed E-state index contributed by atoms with van der Waals surface area (Å²) in [7, 11) is 3.16. The zero-order valence-corrected chi connectivity index (χ0v) is 15.4. The largest absolute Gasteiger partial charge is 0.493 e. The van der Waals surface area contributed by atoms with E-state index < -0.39 is 0 Å². The number of aldehydes is 1. The molecule has 0 aliphatic heterocycles. The lowest BCUT2D eigenvalue weighted by molar-refractivity contribution is 0.111. The summed E-state index contributed by atoms with van der Waals surface area (Å²) in [5.74, 6) is 2.37. The fourth-order valence-electron chi connectivity index (χ4n) is 2.46. The number of methoxy groups -OCH3 is 2. The Hall–Kier alpha value is -2.95. The highest BCUT2D eigenvalue weighted by Gasteiger charge is 2.10. The summed E-state index contributed by atoms with van der Waals surface area (Å²) in [6.45, 7) is 2.83. The summed E-state index contributed by atoms with van der Waals surface area (Å²) in [6, 6.07) is 11.0. The Morgan fingerprint density at radius 2 is 1.69 bits per heavy atom. The minimum Gasteiger partial charge on any atom is -0.493 e. The van der Waals surface area contributed by atoms with Crippen molar-refractivity contribution in [3.63, 3.8) is 0 Å².